The van der Waals surface area contributed by atoms with Crippen molar-refractivity contribution < 1.29 is 14.3 Å². The average Bonchev–Trinajstić information content (AvgIpc) is 3.47. The number of anilines is 1. The molecular weight excluding hydrogens is 374 g/mol. The second-order valence-electron chi connectivity index (χ2n) is 6.55. The van der Waals surface area contributed by atoms with Crippen LogP contribution < -0.4 is 14.8 Å². The van der Waals surface area contributed by atoms with Crippen LogP contribution in [-0.4, -0.2) is 22.5 Å². The van der Waals surface area contributed by atoms with E-state index in [-0.39, 0.29) is 5.91 Å². The second kappa shape index (κ2) is 8.39. The van der Waals surface area contributed by atoms with Crippen LogP contribution in [-0.2, 0) is 6.61 Å². The number of aromatic nitrogens is 2. The summed E-state index contributed by atoms with van der Waals surface area (Å²) >= 11 is 1.46. The predicted octanol–water partition coefficient (Wildman–Crippen LogP) is 4.65. The quantitative estimate of drug-likeness (QED) is 0.601. The monoisotopic (exact) mass is 395 g/mol. The van der Waals surface area contributed by atoms with E-state index in [9.17, 15) is 4.79 Å². The second-order valence-corrected chi connectivity index (χ2v) is 7.41. The highest BCUT2D eigenvalue weighted by atomic mass is 32.1. The number of benzene rings is 1. The minimum atomic E-state index is -0.212. The lowest BCUT2D eigenvalue weighted by Crippen LogP contribution is -2.12. The Balaban J connectivity index is 1.45. The molecule has 1 N–H and O–H groups in total. The first kappa shape index (κ1) is 18.4. The van der Waals surface area contributed by atoms with Crippen molar-refractivity contribution in [2.45, 2.75) is 32.3 Å². The summed E-state index contributed by atoms with van der Waals surface area (Å²) in [6.45, 7) is 2.75. The van der Waals surface area contributed by atoms with Crippen LogP contribution >= 0.6 is 11.3 Å². The van der Waals surface area contributed by atoms with Crippen molar-refractivity contribution >= 4 is 22.4 Å². The first-order chi connectivity index (χ1) is 13.7. The highest BCUT2D eigenvalue weighted by Crippen LogP contribution is 2.41. The van der Waals surface area contributed by atoms with Gasteiger partial charge >= 0.3 is 0 Å². The fourth-order valence-corrected chi connectivity index (χ4v) is 3.55. The third-order valence-electron chi connectivity index (χ3n) is 4.36. The molecule has 7 heteroatoms. The lowest BCUT2D eigenvalue weighted by atomic mass is 10.2. The molecule has 2 aromatic heterocycles. The SMILES string of the molecule is CCOc1cc(C(=O)Nc2nc(C3CC3)cs2)ccc1OCc1cccnc1. The summed E-state index contributed by atoms with van der Waals surface area (Å²) in [7, 11) is 0. The van der Waals surface area contributed by atoms with Gasteiger partial charge in [0.05, 0.1) is 12.3 Å². The molecule has 1 aliphatic carbocycles. The van der Waals surface area contributed by atoms with E-state index in [2.05, 4.69) is 15.3 Å². The lowest BCUT2D eigenvalue weighted by molar-refractivity contribution is 0.102. The molecule has 2 heterocycles. The minimum Gasteiger partial charge on any atom is -0.490 e. The number of hydrogen-bond donors (Lipinski definition) is 1. The van der Waals surface area contributed by atoms with Crippen LogP contribution in [0.15, 0.2) is 48.1 Å². The summed E-state index contributed by atoms with van der Waals surface area (Å²) in [5.41, 5.74) is 2.54. The van der Waals surface area contributed by atoms with Crippen LogP contribution in [0.3, 0.4) is 0 Å². The number of nitrogens with one attached hydrogen (secondary N) is 1. The largest absolute Gasteiger partial charge is 0.490 e. The van der Waals surface area contributed by atoms with E-state index >= 15 is 0 Å². The summed E-state index contributed by atoms with van der Waals surface area (Å²) in [5.74, 6) is 1.49. The molecule has 1 amide bonds. The number of hydrogen-bond acceptors (Lipinski definition) is 6. The van der Waals surface area contributed by atoms with Crippen LogP contribution in [0.25, 0.3) is 0 Å². The highest BCUT2D eigenvalue weighted by Gasteiger charge is 2.26. The standard InChI is InChI=1S/C21H21N3O3S/c1-2-26-19-10-16(7-8-18(19)27-12-14-4-3-9-22-11-14)20(25)24-21-23-17(13-28-21)15-5-6-15/h3-4,7-11,13,15H,2,5-6,12H2,1H3,(H,23,24,25). The molecule has 1 saturated carbocycles. The number of nitrogens with zero attached hydrogens (tertiary/aromatic N) is 2. The zero-order valence-corrected chi connectivity index (χ0v) is 16.4. The average molecular weight is 395 g/mol. The Bertz CT molecular complexity index is 955. The minimum absolute atomic E-state index is 0.212. The maximum atomic E-state index is 12.6. The highest BCUT2D eigenvalue weighted by molar-refractivity contribution is 7.14. The third kappa shape index (κ3) is 4.48. The molecule has 0 radical (unpaired) electrons. The molecule has 0 atom stereocenters. The molecule has 1 aliphatic rings. The van der Waals surface area contributed by atoms with Gasteiger partial charge in [0.25, 0.3) is 5.91 Å². The van der Waals surface area contributed by atoms with Crippen molar-refractivity contribution in [3.63, 3.8) is 0 Å². The molecule has 6 nitrogen and oxygen atoms in total. The molecule has 0 bridgehead atoms. The summed E-state index contributed by atoms with van der Waals surface area (Å²) in [6.07, 6.45) is 5.86. The van der Waals surface area contributed by atoms with E-state index in [1.54, 1.807) is 30.6 Å². The first-order valence-corrected chi connectivity index (χ1v) is 10.2. The summed E-state index contributed by atoms with van der Waals surface area (Å²) in [4.78, 5) is 21.2. The number of carbonyl (C=O) groups excluding carboxylic acids is 1. The Hall–Kier alpha value is -2.93. The van der Waals surface area contributed by atoms with Crippen LogP contribution in [0.2, 0.25) is 0 Å². The van der Waals surface area contributed by atoms with Gasteiger partial charge in [0.15, 0.2) is 16.6 Å². The molecule has 0 unspecified atom stereocenters. The van der Waals surface area contributed by atoms with Crippen molar-refractivity contribution in [2.24, 2.45) is 0 Å². The van der Waals surface area contributed by atoms with Crippen molar-refractivity contribution in [3.05, 3.63) is 64.9 Å². The molecule has 28 heavy (non-hydrogen) atoms. The van der Waals surface area contributed by atoms with Crippen LogP contribution in [0.5, 0.6) is 11.5 Å². The van der Waals surface area contributed by atoms with Crippen LogP contribution in [0.1, 0.15) is 47.3 Å². The van der Waals surface area contributed by atoms with Crippen molar-refractivity contribution in [1.29, 1.82) is 0 Å². The zero-order chi connectivity index (χ0) is 19.3. The fourth-order valence-electron chi connectivity index (χ4n) is 2.76. The molecule has 144 valence electrons. The van der Waals surface area contributed by atoms with E-state index in [0.29, 0.717) is 41.3 Å². The number of thiazole rings is 1. The third-order valence-corrected chi connectivity index (χ3v) is 5.14. The van der Waals surface area contributed by atoms with Gasteiger partial charge in [-0.2, -0.15) is 0 Å². The van der Waals surface area contributed by atoms with E-state index in [4.69, 9.17) is 9.47 Å². The topological polar surface area (TPSA) is 73.3 Å². The van der Waals surface area contributed by atoms with E-state index in [1.165, 1.54) is 24.2 Å². The van der Waals surface area contributed by atoms with Crippen molar-refractivity contribution in [1.82, 2.24) is 9.97 Å². The van der Waals surface area contributed by atoms with Gasteiger partial charge in [-0.25, -0.2) is 4.98 Å². The molecular formula is C21H21N3O3S. The summed E-state index contributed by atoms with van der Waals surface area (Å²) < 4.78 is 11.5. The number of pyridine rings is 1. The fraction of sp³-hybridized carbons (Fsp3) is 0.286. The number of rotatable bonds is 8. The Kier molecular flexibility index (Phi) is 5.53. The molecule has 3 aromatic rings. The summed E-state index contributed by atoms with van der Waals surface area (Å²) in [5, 5.41) is 5.52. The van der Waals surface area contributed by atoms with Crippen LogP contribution in [0.4, 0.5) is 5.13 Å². The molecule has 1 aromatic carbocycles. The van der Waals surface area contributed by atoms with Gasteiger partial charge in [-0.15, -0.1) is 11.3 Å². The van der Waals surface area contributed by atoms with Gasteiger partial charge in [0, 0.05) is 34.8 Å². The van der Waals surface area contributed by atoms with Crippen molar-refractivity contribution in [3.8, 4) is 11.5 Å². The molecule has 0 saturated heterocycles. The van der Waals surface area contributed by atoms with Gasteiger partial charge in [-0.1, -0.05) is 6.07 Å². The molecule has 0 aliphatic heterocycles. The van der Waals surface area contributed by atoms with E-state index < -0.39 is 0 Å². The Labute approximate surface area is 167 Å². The van der Waals surface area contributed by atoms with E-state index in [1.807, 2.05) is 24.4 Å². The zero-order valence-electron chi connectivity index (χ0n) is 15.6. The Morgan fingerprint density at radius 3 is 2.89 bits per heavy atom. The Morgan fingerprint density at radius 2 is 2.14 bits per heavy atom. The van der Waals surface area contributed by atoms with Gasteiger partial charge < -0.3 is 9.47 Å². The van der Waals surface area contributed by atoms with E-state index in [0.717, 1.165) is 11.3 Å². The predicted molar refractivity (Wildman–Crippen MR) is 108 cm³/mol. The van der Waals surface area contributed by atoms with Gasteiger partial charge in [0.2, 0.25) is 0 Å². The van der Waals surface area contributed by atoms with Gasteiger partial charge in [0.1, 0.15) is 6.61 Å². The van der Waals surface area contributed by atoms with Gasteiger partial charge in [-0.05, 0) is 44.0 Å². The number of ether oxygens (including phenoxy) is 2. The smallest absolute Gasteiger partial charge is 0.257 e. The number of carbonyl (C=O) groups is 1. The number of amides is 1. The molecule has 0 spiro atoms. The van der Waals surface area contributed by atoms with Gasteiger partial charge in [-0.3, -0.25) is 15.1 Å². The Morgan fingerprint density at radius 1 is 1.25 bits per heavy atom. The molecule has 1 fully saturated rings. The first-order valence-electron chi connectivity index (χ1n) is 9.28. The normalized spacial score (nSPS) is 13.2. The molecule has 4 rings (SSSR count). The lowest BCUT2D eigenvalue weighted by Gasteiger charge is -2.13. The van der Waals surface area contributed by atoms with Crippen LogP contribution in [0, 0.1) is 0 Å². The summed E-state index contributed by atoms with van der Waals surface area (Å²) in [6, 6.07) is 8.99. The van der Waals surface area contributed by atoms with Crippen molar-refractivity contribution in [2.75, 3.05) is 11.9 Å². The maximum Gasteiger partial charge on any atom is 0.257 e. The maximum absolute atomic E-state index is 12.6.